The maximum absolute atomic E-state index is 14.9. The smallest absolute Gasteiger partial charge is 0.390 e. The zero-order valence-electron chi connectivity index (χ0n) is 21.6. The predicted octanol–water partition coefficient (Wildman–Crippen LogP) is 4.35. The minimum atomic E-state index is -4.26. The Morgan fingerprint density at radius 1 is 1.00 bits per heavy atom. The van der Waals surface area contributed by atoms with Gasteiger partial charge in [-0.25, -0.2) is 8.78 Å². The number of rotatable bonds is 12. The quantitative estimate of drug-likeness (QED) is 0.263. The topological polar surface area (TPSA) is 122 Å². The van der Waals surface area contributed by atoms with Gasteiger partial charge in [0, 0.05) is 56.3 Å². The normalized spacial score (nSPS) is 15.0. The van der Waals surface area contributed by atoms with Crippen molar-refractivity contribution in [2.24, 2.45) is 0 Å². The van der Waals surface area contributed by atoms with Crippen LogP contribution in [-0.4, -0.2) is 77.9 Å². The van der Waals surface area contributed by atoms with E-state index in [2.05, 4.69) is 10.6 Å². The van der Waals surface area contributed by atoms with Crippen LogP contribution in [0.2, 0.25) is 5.02 Å². The van der Waals surface area contributed by atoms with Gasteiger partial charge in [0.05, 0.1) is 23.4 Å². The van der Waals surface area contributed by atoms with Crippen molar-refractivity contribution in [1.82, 2.24) is 10.2 Å². The van der Waals surface area contributed by atoms with E-state index in [1.54, 1.807) is 11.0 Å². The number of halogens is 6. The molecule has 0 unspecified atom stereocenters. The lowest BCUT2D eigenvalue weighted by molar-refractivity contribution is -0.141. The monoisotopic (exact) mass is 606 g/mol. The zero-order chi connectivity index (χ0) is 30.3. The first-order valence-electron chi connectivity index (χ1n) is 12.5. The number of hydrogen-bond acceptors (Lipinski definition) is 6. The van der Waals surface area contributed by atoms with Crippen LogP contribution in [0, 0.1) is 11.6 Å². The van der Waals surface area contributed by atoms with Gasteiger partial charge < -0.3 is 25.7 Å². The molecule has 2 aromatic rings. The van der Waals surface area contributed by atoms with Crippen molar-refractivity contribution in [3.63, 3.8) is 0 Å². The third-order valence-corrected chi connectivity index (χ3v) is 6.76. The summed E-state index contributed by atoms with van der Waals surface area (Å²) >= 11 is 6.13. The van der Waals surface area contributed by atoms with Crippen molar-refractivity contribution in [2.45, 2.75) is 38.0 Å². The molecule has 15 heteroatoms. The van der Waals surface area contributed by atoms with E-state index in [1.165, 1.54) is 12.1 Å². The molecule has 2 aromatic carbocycles. The summed E-state index contributed by atoms with van der Waals surface area (Å²) in [6, 6.07) is 5.34. The summed E-state index contributed by atoms with van der Waals surface area (Å²) in [6.07, 6.45) is -5.90. The molecule has 4 N–H and O–H groups in total. The summed E-state index contributed by atoms with van der Waals surface area (Å²) < 4.78 is 67.3. The van der Waals surface area contributed by atoms with E-state index < -0.39 is 66.6 Å². The number of benzene rings is 2. The second-order valence-electron chi connectivity index (χ2n) is 9.41. The number of nitrogens with one attached hydrogen (secondary N) is 2. The molecule has 3 rings (SSSR count). The Kier molecular flexibility index (Phi) is 10.9. The Bertz CT molecular complexity index is 1270. The SMILES string of the molecule is O=C(O)CC[C@H](NCc1ccc(C(=O)Nc2ccc(Cl)cc2N2CCN(CCC(F)(F)F)CC2)c(F)c1F)C(=O)O. The first-order chi connectivity index (χ1) is 19.2. The van der Waals surface area contributed by atoms with Crippen molar-refractivity contribution in [3.8, 4) is 0 Å². The van der Waals surface area contributed by atoms with E-state index in [0.717, 1.165) is 12.1 Å². The van der Waals surface area contributed by atoms with Gasteiger partial charge in [0.2, 0.25) is 0 Å². The molecule has 1 aliphatic heterocycles. The van der Waals surface area contributed by atoms with Crippen molar-refractivity contribution in [1.29, 1.82) is 0 Å². The first-order valence-corrected chi connectivity index (χ1v) is 12.9. The predicted molar refractivity (Wildman–Crippen MR) is 140 cm³/mol. The van der Waals surface area contributed by atoms with E-state index in [1.807, 2.05) is 4.90 Å². The maximum atomic E-state index is 14.9. The van der Waals surface area contributed by atoms with Crippen molar-refractivity contribution < 1.29 is 46.5 Å². The molecule has 1 heterocycles. The average molecular weight is 607 g/mol. The summed E-state index contributed by atoms with van der Waals surface area (Å²) in [6.45, 7) is 0.795. The molecular weight excluding hydrogens is 579 g/mol. The van der Waals surface area contributed by atoms with Crippen LogP contribution < -0.4 is 15.5 Å². The molecule has 41 heavy (non-hydrogen) atoms. The molecule has 0 aromatic heterocycles. The lowest BCUT2D eigenvalue weighted by atomic mass is 10.1. The van der Waals surface area contributed by atoms with Gasteiger partial charge in [0.25, 0.3) is 5.91 Å². The summed E-state index contributed by atoms with van der Waals surface area (Å²) in [5.74, 6) is -6.38. The summed E-state index contributed by atoms with van der Waals surface area (Å²) in [7, 11) is 0. The molecule has 0 radical (unpaired) electrons. The highest BCUT2D eigenvalue weighted by atomic mass is 35.5. The molecule has 1 saturated heterocycles. The number of carboxylic acids is 2. The molecule has 0 spiro atoms. The number of amides is 1. The summed E-state index contributed by atoms with van der Waals surface area (Å²) in [5.41, 5.74) is -0.193. The van der Waals surface area contributed by atoms with E-state index in [4.69, 9.17) is 16.7 Å². The van der Waals surface area contributed by atoms with Crippen molar-refractivity contribution in [2.75, 3.05) is 42.9 Å². The van der Waals surface area contributed by atoms with Crippen molar-refractivity contribution >= 4 is 40.8 Å². The van der Waals surface area contributed by atoms with Gasteiger partial charge in [-0.05, 0) is 30.7 Å². The number of hydrogen-bond donors (Lipinski definition) is 4. The summed E-state index contributed by atoms with van der Waals surface area (Å²) in [4.78, 5) is 38.4. The number of aliphatic carboxylic acids is 2. The largest absolute Gasteiger partial charge is 0.481 e. The fraction of sp³-hybridized carbons (Fsp3) is 0.423. The van der Waals surface area contributed by atoms with Crippen molar-refractivity contribution in [3.05, 3.63) is 58.1 Å². The van der Waals surface area contributed by atoms with Gasteiger partial charge in [-0.2, -0.15) is 13.2 Å². The maximum Gasteiger partial charge on any atom is 0.390 e. The van der Waals surface area contributed by atoms with E-state index >= 15 is 0 Å². The van der Waals surface area contributed by atoms with Crippen LogP contribution in [-0.2, 0) is 16.1 Å². The third kappa shape index (κ3) is 9.26. The number of carbonyl (C=O) groups excluding carboxylic acids is 1. The van der Waals surface area contributed by atoms with Gasteiger partial charge >= 0.3 is 18.1 Å². The molecular formula is C26H28ClF5N4O5. The molecule has 224 valence electrons. The fourth-order valence-corrected chi connectivity index (χ4v) is 4.44. The molecule has 9 nitrogen and oxygen atoms in total. The second-order valence-corrected chi connectivity index (χ2v) is 9.85. The van der Waals surface area contributed by atoms with Gasteiger partial charge in [0.15, 0.2) is 11.6 Å². The number of carbonyl (C=O) groups is 3. The van der Waals surface area contributed by atoms with Crippen LogP contribution >= 0.6 is 11.6 Å². The first kappa shape index (κ1) is 32.0. The number of carboxylic acid groups (broad SMARTS) is 2. The minimum absolute atomic E-state index is 0.133. The number of alkyl halides is 3. The van der Waals surface area contributed by atoms with Gasteiger partial charge in [-0.3, -0.25) is 19.3 Å². The molecule has 1 fully saturated rings. The Morgan fingerprint density at radius 2 is 1.68 bits per heavy atom. The average Bonchev–Trinajstić information content (AvgIpc) is 2.90. The molecule has 0 bridgehead atoms. The van der Waals surface area contributed by atoms with Crippen LogP contribution in [0.25, 0.3) is 0 Å². The number of nitrogens with zero attached hydrogens (tertiary/aromatic N) is 2. The molecule has 1 atom stereocenters. The molecule has 0 saturated carbocycles. The Labute approximate surface area is 236 Å². The van der Waals surface area contributed by atoms with Crippen LogP contribution in [0.5, 0.6) is 0 Å². The van der Waals surface area contributed by atoms with E-state index in [0.29, 0.717) is 36.9 Å². The molecule has 1 aliphatic rings. The Hall–Kier alpha value is -3.49. The highest BCUT2D eigenvalue weighted by Gasteiger charge is 2.29. The lowest BCUT2D eigenvalue weighted by Crippen LogP contribution is -2.47. The van der Waals surface area contributed by atoms with Gasteiger partial charge in [-0.1, -0.05) is 17.7 Å². The standard InChI is InChI=1S/C26H28ClF5N4O5/c27-16-2-4-18(20(13-16)36-11-9-35(10-12-36)8-7-26(30,31)32)34-24(39)17-3-1-15(22(28)23(17)29)14-33-19(25(40)41)5-6-21(37)38/h1-4,13,19,33H,5-12,14H2,(H,34,39)(H,37,38)(H,40,41)/t19-/m0/s1. The number of anilines is 2. The van der Waals surface area contributed by atoms with Crippen LogP contribution in [0.3, 0.4) is 0 Å². The zero-order valence-corrected chi connectivity index (χ0v) is 22.4. The fourth-order valence-electron chi connectivity index (χ4n) is 4.27. The van der Waals surface area contributed by atoms with Gasteiger partial charge in [-0.15, -0.1) is 0 Å². The van der Waals surface area contributed by atoms with Crippen LogP contribution in [0.4, 0.5) is 33.3 Å². The Morgan fingerprint density at radius 3 is 2.29 bits per heavy atom. The minimum Gasteiger partial charge on any atom is -0.481 e. The number of piperazine rings is 1. The van der Waals surface area contributed by atoms with Gasteiger partial charge in [0.1, 0.15) is 6.04 Å². The summed E-state index contributed by atoms with van der Waals surface area (Å²) in [5, 5.41) is 23.3. The van der Waals surface area contributed by atoms with Crippen LogP contribution in [0.15, 0.2) is 30.3 Å². The third-order valence-electron chi connectivity index (χ3n) is 6.52. The molecule has 0 aliphatic carbocycles. The second kappa shape index (κ2) is 13.9. The lowest BCUT2D eigenvalue weighted by Gasteiger charge is -2.37. The molecule has 1 amide bonds. The highest BCUT2D eigenvalue weighted by Crippen LogP contribution is 2.31. The van der Waals surface area contributed by atoms with E-state index in [-0.39, 0.29) is 24.2 Å². The Balaban J connectivity index is 1.69. The van der Waals surface area contributed by atoms with E-state index in [9.17, 15) is 41.4 Å². The van der Waals surface area contributed by atoms with Crippen LogP contribution in [0.1, 0.15) is 35.2 Å². The highest BCUT2D eigenvalue weighted by molar-refractivity contribution is 6.31.